The van der Waals surface area contributed by atoms with Crippen molar-refractivity contribution in [3.8, 4) is 0 Å². The molecule has 0 saturated carbocycles. The molecule has 0 radical (unpaired) electrons. The normalized spacial score (nSPS) is 10.2. The number of amides is 2. The lowest BCUT2D eigenvalue weighted by Crippen LogP contribution is -2.26. The molecule has 0 aliphatic rings. The van der Waals surface area contributed by atoms with Crippen LogP contribution < -0.4 is 10.6 Å². The predicted octanol–water partition coefficient (Wildman–Crippen LogP) is 2.04. The highest BCUT2D eigenvalue weighted by molar-refractivity contribution is 5.94. The number of aromatic carboxylic acids is 1. The Labute approximate surface area is 152 Å². The quantitative estimate of drug-likeness (QED) is 0.676. The molecule has 26 heavy (non-hydrogen) atoms. The Morgan fingerprint density at radius 3 is 2.19 bits per heavy atom. The van der Waals surface area contributed by atoms with Crippen LogP contribution in [-0.4, -0.2) is 36.5 Å². The summed E-state index contributed by atoms with van der Waals surface area (Å²) in [6.45, 7) is 0.445. The summed E-state index contributed by atoms with van der Waals surface area (Å²) in [6, 6.07) is 13.9. The number of carboxylic acid groups (broad SMARTS) is 1. The Morgan fingerprint density at radius 1 is 0.923 bits per heavy atom. The fourth-order valence-corrected chi connectivity index (χ4v) is 2.56. The highest BCUT2D eigenvalue weighted by Gasteiger charge is 2.07. The number of rotatable bonds is 8. The lowest BCUT2D eigenvalue weighted by molar-refractivity contribution is -0.121. The molecule has 0 aliphatic heterocycles. The molecule has 2 amide bonds. The molecule has 0 saturated heterocycles. The van der Waals surface area contributed by atoms with Crippen LogP contribution in [0.3, 0.4) is 0 Å². The summed E-state index contributed by atoms with van der Waals surface area (Å²) in [5.41, 5.74) is 2.60. The Bertz CT molecular complexity index is 802. The minimum atomic E-state index is -0.963. The van der Waals surface area contributed by atoms with E-state index in [1.165, 1.54) is 6.07 Å². The van der Waals surface area contributed by atoms with Gasteiger partial charge < -0.3 is 15.7 Å². The average Bonchev–Trinajstić information content (AvgIpc) is 2.66. The van der Waals surface area contributed by atoms with E-state index in [4.69, 9.17) is 5.11 Å². The maximum absolute atomic E-state index is 12.0. The van der Waals surface area contributed by atoms with Gasteiger partial charge in [-0.1, -0.05) is 24.3 Å². The van der Waals surface area contributed by atoms with Gasteiger partial charge in [0.2, 0.25) is 5.91 Å². The molecule has 0 aromatic heterocycles. The zero-order valence-corrected chi connectivity index (χ0v) is 14.6. The van der Waals surface area contributed by atoms with Crippen molar-refractivity contribution in [1.29, 1.82) is 0 Å². The lowest BCUT2D eigenvalue weighted by Gasteiger charge is -2.07. The SMILES string of the molecule is CNC(=O)c1cccc(CCC(=O)NCCc2cccc(C(=O)O)c2)c1. The zero-order valence-electron chi connectivity index (χ0n) is 14.6. The van der Waals surface area contributed by atoms with Gasteiger partial charge in [-0.15, -0.1) is 0 Å². The smallest absolute Gasteiger partial charge is 0.335 e. The van der Waals surface area contributed by atoms with Crippen LogP contribution in [0.4, 0.5) is 0 Å². The van der Waals surface area contributed by atoms with Gasteiger partial charge in [0, 0.05) is 25.6 Å². The minimum absolute atomic E-state index is 0.0789. The van der Waals surface area contributed by atoms with Gasteiger partial charge in [-0.3, -0.25) is 9.59 Å². The molecule has 0 unspecified atom stereocenters. The van der Waals surface area contributed by atoms with Crippen LogP contribution in [0.2, 0.25) is 0 Å². The van der Waals surface area contributed by atoms with E-state index in [-0.39, 0.29) is 17.4 Å². The maximum atomic E-state index is 12.0. The molecule has 3 N–H and O–H groups in total. The van der Waals surface area contributed by atoms with Gasteiger partial charge in [-0.2, -0.15) is 0 Å². The van der Waals surface area contributed by atoms with Gasteiger partial charge >= 0.3 is 5.97 Å². The van der Waals surface area contributed by atoms with Gasteiger partial charge in [0.05, 0.1) is 5.56 Å². The van der Waals surface area contributed by atoms with Crippen molar-refractivity contribution in [2.45, 2.75) is 19.3 Å². The first-order chi connectivity index (χ1) is 12.5. The third kappa shape index (κ3) is 5.73. The number of benzene rings is 2. The Balaban J connectivity index is 1.78. The van der Waals surface area contributed by atoms with E-state index >= 15 is 0 Å². The average molecular weight is 354 g/mol. The third-order valence-electron chi connectivity index (χ3n) is 3.97. The van der Waals surface area contributed by atoms with Gasteiger partial charge in [-0.05, 0) is 48.2 Å². The molecule has 0 heterocycles. The number of carbonyl (C=O) groups is 3. The molecule has 2 aromatic carbocycles. The second kappa shape index (κ2) is 9.36. The molecular weight excluding hydrogens is 332 g/mol. The topological polar surface area (TPSA) is 95.5 Å². The summed E-state index contributed by atoms with van der Waals surface area (Å²) >= 11 is 0. The van der Waals surface area contributed by atoms with E-state index < -0.39 is 5.97 Å². The van der Waals surface area contributed by atoms with E-state index in [1.807, 2.05) is 12.1 Å². The Kier molecular flexibility index (Phi) is 6.91. The molecule has 2 aromatic rings. The summed E-state index contributed by atoms with van der Waals surface area (Å²) < 4.78 is 0. The molecule has 0 spiro atoms. The van der Waals surface area contributed by atoms with E-state index in [0.717, 1.165) is 11.1 Å². The van der Waals surface area contributed by atoms with Crippen molar-refractivity contribution in [1.82, 2.24) is 10.6 Å². The standard InChI is InChI=1S/C20H22N2O4/c1-21-19(24)16-6-2-4-14(12-16)8-9-18(23)22-11-10-15-5-3-7-17(13-15)20(25)26/h2-7,12-13H,8-11H2,1H3,(H,21,24)(H,22,23)(H,25,26). The van der Waals surface area contributed by atoms with E-state index in [1.54, 1.807) is 37.4 Å². The number of aryl methyl sites for hydroxylation is 1. The third-order valence-corrected chi connectivity index (χ3v) is 3.97. The number of hydrogen-bond acceptors (Lipinski definition) is 3. The van der Waals surface area contributed by atoms with E-state index in [0.29, 0.717) is 31.4 Å². The van der Waals surface area contributed by atoms with Crippen molar-refractivity contribution in [3.05, 3.63) is 70.8 Å². The molecule has 0 atom stereocenters. The summed E-state index contributed by atoms with van der Waals surface area (Å²) in [5.74, 6) is -1.19. The summed E-state index contributed by atoms with van der Waals surface area (Å²) in [7, 11) is 1.58. The highest BCUT2D eigenvalue weighted by atomic mass is 16.4. The second-order valence-corrected chi connectivity index (χ2v) is 5.88. The second-order valence-electron chi connectivity index (χ2n) is 5.88. The van der Waals surface area contributed by atoms with E-state index in [2.05, 4.69) is 10.6 Å². The molecule has 0 aliphatic carbocycles. The molecule has 6 heteroatoms. The first kappa shape index (κ1) is 19.2. The van der Waals surface area contributed by atoms with Crippen LogP contribution in [0.15, 0.2) is 48.5 Å². The van der Waals surface area contributed by atoms with Crippen LogP contribution >= 0.6 is 0 Å². The molecular formula is C20H22N2O4. The summed E-state index contributed by atoms with van der Waals surface area (Å²) in [6.07, 6.45) is 1.44. The molecule has 136 valence electrons. The molecule has 2 rings (SSSR count). The molecule has 0 fully saturated rings. The van der Waals surface area contributed by atoms with Crippen molar-refractivity contribution in [2.24, 2.45) is 0 Å². The number of hydrogen-bond donors (Lipinski definition) is 3. The van der Waals surface area contributed by atoms with Crippen molar-refractivity contribution in [3.63, 3.8) is 0 Å². The predicted molar refractivity (Wildman–Crippen MR) is 98.3 cm³/mol. The largest absolute Gasteiger partial charge is 0.478 e. The highest BCUT2D eigenvalue weighted by Crippen LogP contribution is 2.08. The van der Waals surface area contributed by atoms with Crippen LogP contribution in [0, 0.1) is 0 Å². The fourth-order valence-electron chi connectivity index (χ4n) is 2.56. The molecule has 6 nitrogen and oxygen atoms in total. The van der Waals surface area contributed by atoms with Crippen LogP contribution in [0.5, 0.6) is 0 Å². The maximum Gasteiger partial charge on any atom is 0.335 e. The first-order valence-electron chi connectivity index (χ1n) is 8.39. The fraction of sp³-hybridized carbons (Fsp3) is 0.250. The number of carbonyl (C=O) groups excluding carboxylic acids is 2. The Morgan fingerprint density at radius 2 is 1.54 bits per heavy atom. The van der Waals surface area contributed by atoms with Crippen molar-refractivity contribution < 1.29 is 19.5 Å². The van der Waals surface area contributed by atoms with Crippen LogP contribution in [0.25, 0.3) is 0 Å². The zero-order chi connectivity index (χ0) is 18.9. The van der Waals surface area contributed by atoms with E-state index in [9.17, 15) is 14.4 Å². The lowest BCUT2D eigenvalue weighted by atomic mass is 10.1. The Hall–Kier alpha value is -3.15. The van der Waals surface area contributed by atoms with Crippen molar-refractivity contribution in [2.75, 3.05) is 13.6 Å². The minimum Gasteiger partial charge on any atom is -0.478 e. The van der Waals surface area contributed by atoms with Gasteiger partial charge in [0.25, 0.3) is 5.91 Å². The number of nitrogens with one attached hydrogen (secondary N) is 2. The monoisotopic (exact) mass is 354 g/mol. The van der Waals surface area contributed by atoms with Gasteiger partial charge in [-0.25, -0.2) is 4.79 Å². The first-order valence-corrected chi connectivity index (χ1v) is 8.39. The summed E-state index contributed by atoms with van der Waals surface area (Å²) in [4.78, 5) is 34.5. The van der Waals surface area contributed by atoms with Crippen LogP contribution in [-0.2, 0) is 17.6 Å². The van der Waals surface area contributed by atoms with Gasteiger partial charge in [0.1, 0.15) is 0 Å². The van der Waals surface area contributed by atoms with Gasteiger partial charge in [0.15, 0.2) is 0 Å². The molecule has 0 bridgehead atoms. The number of carboxylic acids is 1. The summed E-state index contributed by atoms with van der Waals surface area (Å²) in [5, 5.41) is 14.4. The van der Waals surface area contributed by atoms with Crippen molar-refractivity contribution >= 4 is 17.8 Å². The van der Waals surface area contributed by atoms with Crippen LogP contribution in [0.1, 0.15) is 38.3 Å².